The predicted octanol–water partition coefficient (Wildman–Crippen LogP) is 3.06. The highest BCUT2D eigenvalue weighted by Gasteiger charge is 2.24. The lowest BCUT2D eigenvalue weighted by Crippen LogP contribution is -2.43. The molecule has 40 heavy (non-hydrogen) atoms. The number of nitrogens with one attached hydrogen (secondary N) is 3. The van der Waals surface area contributed by atoms with Crippen molar-refractivity contribution in [3.63, 3.8) is 0 Å². The number of H-pyrrole nitrogens is 2. The molecule has 0 saturated carbocycles. The average molecular weight is 539 g/mol. The number of nitrogens with zero attached hydrogens (tertiary/aromatic N) is 7. The van der Waals surface area contributed by atoms with Crippen LogP contribution in [0.25, 0.3) is 44.8 Å². The van der Waals surface area contributed by atoms with Gasteiger partial charge in [-0.3, -0.25) is 14.9 Å². The maximum atomic E-state index is 13.1. The molecule has 0 unspecified atom stereocenters. The molecule has 5 aromatic heterocycles. The third kappa shape index (κ3) is 4.39. The Morgan fingerprint density at radius 3 is 2.60 bits per heavy atom. The zero-order chi connectivity index (χ0) is 27.1. The number of aromatic amines is 2. The number of rotatable bonds is 4. The molecule has 0 radical (unpaired) electrons. The first-order valence-corrected chi connectivity index (χ1v) is 13.2. The number of pyridine rings is 3. The summed E-state index contributed by atoms with van der Waals surface area (Å²) in [5.74, 6) is 0.488. The first kappa shape index (κ1) is 24.2. The zero-order valence-corrected chi connectivity index (χ0v) is 21.6. The van der Waals surface area contributed by atoms with E-state index in [0.29, 0.717) is 65.9 Å². The summed E-state index contributed by atoms with van der Waals surface area (Å²) in [5, 5.41) is 11.0. The molecule has 2 aliphatic rings. The van der Waals surface area contributed by atoms with Crippen molar-refractivity contribution < 1.29 is 14.3 Å². The molecule has 7 rings (SSSR count). The van der Waals surface area contributed by atoms with Crippen LogP contribution in [-0.2, 0) is 4.74 Å². The largest absolute Gasteiger partial charge is 0.378 e. The lowest BCUT2D eigenvalue weighted by atomic mass is 10.1. The van der Waals surface area contributed by atoms with E-state index in [1.54, 1.807) is 35.8 Å². The summed E-state index contributed by atoms with van der Waals surface area (Å²) < 4.78 is 5.33. The van der Waals surface area contributed by atoms with Gasteiger partial charge < -0.3 is 24.8 Å². The van der Waals surface area contributed by atoms with Gasteiger partial charge in [-0.15, -0.1) is 0 Å². The number of likely N-dealkylation sites (tertiary alicyclic amines) is 1. The minimum absolute atomic E-state index is 0.0217. The molecule has 3 N–H and O–H groups in total. The molecule has 202 valence electrons. The standard InChI is InChI=1S/C27H26N10O3/c38-26(36-5-1-2-6-36)19-3-4-29-24-21(19)32-25(33-24)22-20-12-17(14-30-23(20)35-34-22)16-11-18(15-28-13-16)31-27(39)37-7-9-40-10-8-37/h3-4,11-15H,1-2,5-10H2,(H,31,39)(H,29,32,33)(H,30,34,35). The van der Waals surface area contributed by atoms with Gasteiger partial charge in [-0.1, -0.05) is 0 Å². The second kappa shape index (κ2) is 10.0. The van der Waals surface area contributed by atoms with Gasteiger partial charge in [0.15, 0.2) is 17.1 Å². The number of morpholine rings is 1. The summed E-state index contributed by atoms with van der Waals surface area (Å²) in [7, 11) is 0. The maximum Gasteiger partial charge on any atom is 0.322 e. The minimum atomic E-state index is -0.186. The van der Waals surface area contributed by atoms with Crippen molar-refractivity contribution in [2.45, 2.75) is 12.8 Å². The van der Waals surface area contributed by atoms with Gasteiger partial charge >= 0.3 is 6.03 Å². The third-order valence-corrected chi connectivity index (χ3v) is 7.28. The van der Waals surface area contributed by atoms with Crippen LogP contribution in [0.15, 0.2) is 43.0 Å². The quantitative estimate of drug-likeness (QED) is 0.315. The Balaban J connectivity index is 1.20. The van der Waals surface area contributed by atoms with Crippen LogP contribution in [0.4, 0.5) is 10.5 Å². The first-order chi connectivity index (χ1) is 19.6. The molecule has 2 fully saturated rings. The molecule has 2 aliphatic heterocycles. The Hall–Kier alpha value is -4.91. The molecule has 0 aliphatic carbocycles. The number of anilines is 1. The van der Waals surface area contributed by atoms with Crippen molar-refractivity contribution in [3.05, 3.63) is 48.5 Å². The van der Waals surface area contributed by atoms with Gasteiger partial charge in [0.25, 0.3) is 5.91 Å². The lowest BCUT2D eigenvalue weighted by Gasteiger charge is -2.26. The van der Waals surface area contributed by atoms with Gasteiger partial charge in [-0.25, -0.2) is 19.7 Å². The molecule has 0 spiro atoms. The Morgan fingerprint density at radius 2 is 1.75 bits per heavy atom. The maximum absolute atomic E-state index is 13.1. The van der Waals surface area contributed by atoms with Crippen molar-refractivity contribution >= 4 is 39.8 Å². The Labute approximate surface area is 228 Å². The van der Waals surface area contributed by atoms with Crippen molar-refractivity contribution in [1.82, 2.24) is 44.9 Å². The van der Waals surface area contributed by atoms with Crippen LogP contribution in [0.2, 0.25) is 0 Å². The van der Waals surface area contributed by atoms with E-state index in [2.05, 4.69) is 40.4 Å². The highest BCUT2D eigenvalue weighted by Crippen LogP contribution is 2.30. The lowest BCUT2D eigenvalue weighted by molar-refractivity contribution is 0.0564. The molecule has 13 heteroatoms. The van der Waals surface area contributed by atoms with E-state index in [4.69, 9.17) is 4.74 Å². The van der Waals surface area contributed by atoms with E-state index in [-0.39, 0.29) is 11.9 Å². The van der Waals surface area contributed by atoms with Gasteiger partial charge in [-0.2, -0.15) is 5.10 Å². The molecular weight excluding hydrogens is 512 g/mol. The molecule has 0 bridgehead atoms. The van der Waals surface area contributed by atoms with Gasteiger partial charge in [0.1, 0.15) is 5.69 Å². The van der Waals surface area contributed by atoms with E-state index in [9.17, 15) is 9.59 Å². The summed E-state index contributed by atoms with van der Waals surface area (Å²) in [4.78, 5) is 50.5. The fourth-order valence-corrected chi connectivity index (χ4v) is 5.17. The molecule has 5 aromatic rings. The number of urea groups is 1. The Bertz CT molecular complexity index is 1730. The SMILES string of the molecule is O=C(Nc1cncc(-c2cnc3n[nH]c(-c4nc5nccc(C(=O)N6CCCC6)c5[nH]4)c3c2)c1)N1CCOCC1. The Kier molecular flexibility index (Phi) is 6.04. The third-order valence-electron chi connectivity index (χ3n) is 7.28. The van der Waals surface area contributed by atoms with Crippen LogP contribution in [0, 0.1) is 0 Å². The summed E-state index contributed by atoms with van der Waals surface area (Å²) in [6.45, 7) is 3.68. The number of carbonyl (C=O) groups excluding carboxylic acids is 2. The van der Waals surface area contributed by atoms with Crippen LogP contribution in [0.3, 0.4) is 0 Å². The zero-order valence-electron chi connectivity index (χ0n) is 21.6. The Morgan fingerprint density at radius 1 is 0.925 bits per heavy atom. The second-order valence-electron chi connectivity index (χ2n) is 9.83. The van der Waals surface area contributed by atoms with Crippen molar-refractivity contribution in [2.24, 2.45) is 0 Å². The predicted molar refractivity (Wildman–Crippen MR) is 147 cm³/mol. The molecular formula is C27H26N10O3. The number of amides is 3. The number of hydrogen-bond donors (Lipinski definition) is 3. The number of hydrogen-bond acceptors (Lipinski definition) is 8. The van der Waals surface area contributed by atoms with E-state index in [1.165, 1.54) is 0 Å². The number of imidazole rings is 1. The molecule has 13 nitrogen and oxygen atoms in total. The molecule has 0 aromatic carbocycles. The van der Waals surface area contributed by atoms with Crippen molar-refractivity contribution in [1.29, 1.82) is 0 Å². The highest BCUT2D eigenvalue weighted by atomic mass is 16.5. The van der Waals surface area contributed by atoms with Gasteiger partial charge in [0.2, 0.25) is 0 Å². The molecule has 0 atom stereocenters. The van der Waals surface area contributed by atoms with Gasteiger partial charge in [0, 0.05) is 55.9 Å². The first-order valence-electron chi connectivity index (χ1n) is 13.2. The topological polar surface area (TPSA) is 158 Å². The van der Waals surface area contributed by atoms with E-state index in [0.717, 1.165) is 42.4 Å². The van der Waals surface area contributed by atoms with Crippen LogP contribution < -0.4 is 5.32 Å². The van der Waals surface area contributed by atoms with Gasteiger partial charge in [-0.05, 0) is 31.0 Å². The fourth-order valence-electron chi connectivity index (χ4n) is 5.17. The van der Waals surface area contributed by atoms with Crippen LogP contribution in [-0.4, -0.2) is 96.2 Å². The molecule has 3 amide bonds. The van der Waals surface area contributed by atoms with E-state index in [1.807, 2.05) is 17.0 Å². The molecule has 2 saturated heterocycles. The number of fused-ring (bicyclic) bond motifs is 2. The molecule has 7 heterocycles. The number of ether oxygens (including phenoxy) is 1. The van der Waals surface area contributed by atoms with Crippen LogP contribution >= 0.6 is 0 Å². The van der Waals surface area contributed by atoms with Crippen molar-refractivity contribution in [3.8, 4) is 22.6 Å². The summed E-state index contributed by atoms with van der Waals surface area (Å²) >= 11 is 0. The summed E-state index contributed by atoms with van der Waals surface area (Å²) in [5.41, 5.74) is 4.91. The second-order valence-corrected chi connectivity index (χ2v) is 9.83. The van der Waals surface area contributed by atoms with Gasteiger partial charge in [0.05, 0.1) is 41.6 Å². The monoisotopic (exact) mass is 538 g/mol. The average Bonchev–Trinajstić information content (AvgIpc) is 3.76. The number of aromatic nitrogens is 7. The normalized spacial score (nSPS) is 15.7. The highest BCUT2D eigenvalue weighted by molar-refractivity contribution is 6.05. The van der Waals surface area contributed by atoms with E-state index >= 15 is 0 Å². The summed E-state index contributed by atoms with van der Waals surface area (Å²) in [6.07, 6.45) is 8.68. The minimum Gasteiger partial charge on any atom is -0.378 e. The van der Waals surface area contributed by atoms with E-state index < -0.39 is 0 Å². The van der Waals surface area contributed by atoms with Crippen LogP contribution in [0.1, 0.15) is 23.2 Å². The van der Waals surface area contributed by atoms with Crippen LogP contribution in [0.5, 0.6) is 0 Å². The fraction of sp³-hybridized carbons (Fsp3) is 0.296. The van der Waals surface area contributed by atoms with Crippen molar-refractivity contribution in [2.75, 3.05) is 44.7 Å². The number of carbonyl (C=O) groups is 2. The summed E-state index contributed by atoms with van der Waals surface area (Å²) in [6, 6.07) is 5.35. The smallest absolute Gasteiger partial charge is 0.322 e.